The van der Waals surface area contributed by atoms with Gasteiger partial charge in [0, 0.05) is 0 Å². The minimum Gasteiger partial charge on any atom is -0.481 e. The first-order valence-electron chi connectivity index (χ1n) is 10.3. The van der Waals surface area contributed by atoms with E-state index in [1.807, 2.05) is 0 Å². The van der Waals surface area contributed by atoms with Crippen LogP contribution in [0.2, 0.25) is 0 Å². The van der Waals surface area contributed by atoms with Crippen LogP contribution in [0.3, 0.4) is 0 Å². The lowest BCUT2D eigenvalue weighted by Crippen LogP contribution is -2.58. The Balaban J connectivity index is 5.39. The Labute approximate surface area is 190 Å². The zero-order chi connectivity index (χ0) is 25.7. The maximum absolute atomic E-state index is 12.7. The molecule has 188 valence electrons. The van der Waals surface area contributed by atoms with E-state index in [0.29, 0.717) is 19.4 Å². The molecule has 0 fully saturated rings. The number of carboxylic acid groups (broad SMARTS) is 3. The summed E-state index contributed by atoms with van der Waals surface area (Å²) in [7, 11) is 0. The van der Waals surface area contributed by atoms with Crippen molar-refractivity contribution in [2.45, 2.75) is 70.1 Å². The largest absolute Gasteiger partial charge is 0.481 e. The molecule has 3 amide bonds. The highest BCUT2D eigenvalue weighted by Crippen LogP contribution is 2.07. The quantitative estimate of drug-likeness (QED) is 0.109. The second-order valence-electron chi connectivity index (χ2n) is 7.78. The third-order valence-corrected chi connectivity index (χ3v) is 4.55. The van der Waals surface area contributed by atoms with Gasteiger partial charge in [0.1, 0.15) is 18.1 Å². The van der Waals surface area contributed by atoms with Gasteiger partial charge in [-0.05, 0) is 31.7 Å². The van der Waals surface area contributed by atoms with Gasteiger partial charge in [-0.25, -0.2) is 4.79 Å². The van der Waals surface area contributed by atoms with Crippen LogP contribution < -0.4 is 27.4 Å². The third kappa shape index (κ3) is 11.8. The fourth-order valence-corrected chi connectivity index (χ4v) is 2.74. The Kier molecular flexibility index (Phi) is 13.3. The van der Waals surface area contributed by atoms with Crippen LogP contribution in [0.25, 0.3) is 0 Å². The minimum absolute atomic E-state index is 0.121. The van der Waals surface area contributed by atoms with E-state index in [2.05, 4.69) is 16.0 Å². The summed E-state index contributed by atoms with van der Waals surface area (Å²) in [6.07, 6.45) is -0.470. The molecule has 0 bridgehead atoms. The smallest absolute Gasteiger partial charge is 0.326 e. The van der Waals surface area contributed by atoms with E-state index in [0.717, 1.165) is 0 Å². The van der Waals surface area contributed by atoms with E-state index in [9.17, 15) is 33.9 Å². The standard InChI is InChI=1S/C19H33N5O9/c1-9(2)15(18(31)22-11(19(32)33)5-3-4-6-20)24-17(30)12(8-14(27)28)23-16(29)10(21)7-13(25)26/h9-12,15H,3-8,20-21H2,1-2H3,(H,22,31)(H,23,29)(H,24,30)(H,25,26)(H,27,28)(H,32,33). The van der Waals surface area contributed by atoms with Crippen LogP contribution in [0.15, 0.2) is 0 Å². The molecule has 14 nitrogen and oxygen atoms in total. The first kappa shape index (κ1) is 29.7. The van der Waals surface area contributed by atoms with Crippen molar-refractivity contribution < 1.29 is 44.1 Å². The van der Waals surface area contributed by atoms with Crippen LogP contribution in [0.5, 0.6) is 0 Å². The normalized spacial score (nSPS) is 14.5. The highest BCUT2D eigenvalue weighted by Gasteiger charge is 2.33. The maximum Gasteiger partial charge on any atom is 0.326 e. The molecule has 4 atom stereocenters. The van der Waals surface area contributed by atoms with Crippen LogP contribution in [0.4, 0.5) is 0 Å². The van der Waals surface area contributed by atoms with Crippen molar-refractivity contribution in [3.8, 4) is 0 Å². The van der Waals surface area contributed by atoms with Gasteiger partial charge < -0.3 is 42.7 Å². The van der Waals surface area contributed by atoms with E-state index in [1.165, 1.54) is 0 Å². The summed E-state index contributed by atoms with van der Waals surface area (Å²) in [4.78, 5) is 70.6. The maximum atomic E-state index is 12.7. The number of aliphatic carboxylic acids is 3. The second-order valence-corrected chi connectivity index (χ2v) is 7.78. The minimum atomic E-state index is -1.65. The first-order chi connectivity index (χ1) is 15.3. The topological polar surface area (TPSA) is 251 Å². The number of rotatable bonds is 16. The first-order valence-corrected chi connectivity index (χ1v) is 10.3. The van der Waals surface area contributed by atoms with Gasteiger partial charge in [-0.15, -0.1) is 0 Å². The number of nitrogens with one attached hydrogen (secondary N) is 3. The van der Waals surface area contributed by atoms with E-state index in [4.69, 9.17) is 21.7 Å². The molecule has 0 radical (unpaired) electrons. The molecule has 0 aliphatic heterocycles. The number of carboxylic acids is 3. The van der Waals surface area contributed by atoms with Gasteiger partial charge in [0.05, 0.1) is 18.9 Å². The lowest BCUT2D eigenvalue weighted by atomic mass is 10.0. The van der Waals surface area contributed by atoms with Gasteiger partial charge in [-0.1, -0.05) is 13.8 Å². The summed E-state index contributed by atoms with van der Waals surface area (Å²) in [5.74, 6) is -7.50. The predicted octanol–water partition coefficient (Wildman–Crippen LogP) is -2.41. The Hall–Kier alpha value is -3.26. The van der Waals surface area contributed by atoms with Crippen molar-refractivity contribution in [2.75, 3.05) is 6.54 Å². The van der Waals surface area contributed by atoms with Gasteiger partial charge in [-0.3, -0.25) is 24.0 Å². The molecular formula is C19H33N5O9. The fourth-order valence-electron chi connectivity index (χ4n) is 2.74. The van der Waals surface area contributed by atoms with Crippen molar-refractivity contribution in [1.29, 1.82) is 0 Å². The predicted molar refractivity (Wildman–Crippen MR) is 114 cm³/mol. The molecule has 0 spiro atoms. The number of unbranched alkanes of at least 4 members (excludes halogenated alkanes) is 1. The molecule has 0 rings (SSSR count). The van der Waals surface area contributed by atoms with Gasteiger partial charge in [0.2, 0.25) is 17.7 Å². The molecule has 14 heteroatoms. The Morgan fingerprint density at radius 2 is 1.30 bits per heavy atom. The number of nitrogens with two attached hydrogens (primary N) is 2. The van der Waals surface area contributed by atoms with Gasteiger partial charge in [-0.2, -0.15) is 0 Å². The van der Waals surface area contributed by atoms with E-state index >= 15 is 0 Å². The van der Waals surface area contributed by atoms with Crippen molar-refractivity contribution in [3.05, 3.63) is 0 Å². The third-order valence-electron chi connectivity index (χ3n) is 4.55. The molecule has 0 aromatic heterocycles. The van der Waals surface area contributed by atoms with E-state index in [1.54, 1.807) is 13.8 Å². The molecule has 0 saturated heterocycles. The highest BCUT2D eigenvalue weighted by atomic mass is 16.4. The summed E-state index contributed by atoms with van der Waals surface area (Å²) >= 11 is 0. The molecule has 0 aliphatic rings. The van der Waals surface area contributed by atoms with E-state index < -0.39 is 78.6 Å². The molecule has 0 saturated carbocycles. The van der Waals surface area contributed by atoms with Crippen LogP contribution in [0, 0.1) is 5.92 Å². The van der Waals surface area contributed by atoms with Gasteiger partial charge in [0.25, 0.3) is 0 Å². The summed E-state index contributed by atoms with van der Waals surface area (Å²) in [5.41, 5.74) is 10.8. The van der Waals surface area contributed by atoms with Crippen LogP contribution in [-0.2, 0) is 28.8 Å². The number of hydrogen-bond acceptors (Lipinski definition) is 8. The molecular weight excluding hydrogens is 442 g/mol. The van der Waals surface area contributed by atoms with Gasteiger partial charge >= 0.3 is 17.9 Å². The van der Waals surface area contributed by atoms with Crippen molar-refractivity contribution >= 4 is 35.6 Å². The molecule has 0 aromatic rings. The van der Waals surface area contributed by atoms with Crippen LogP contribution in [-0.4, -0.2) is 81.7 Å². The number of amides is 3. The summed E-state index contributed by atoms with van der Waals surface area (Å²) in [6, 6.07) is -5.63. The van der Waals surface area contributed by atoms with Crippen molar-refractivity contribution in [2.24, 2.45) is 17.4 Å². The van der Waals surface area contributed by atoms with Gasteiger partial charge in [0.15, 0.2) is 0 Å². The van der Waals surface area contributed by atoms with Crippen LogP contribution >= 0.6 is 0 Å². The Bertz CT molecular complexity index is 728. The SMILES string of the molecule is CC(C)C(NC(=O)C(CC(=O)O)NC(=O)C(N)CC(=O)O)C(=O)NC(CCCCN)C(=O)O. The average Bonchev–Trinajstić information content (AvgIpc) is 2.69. The monoisotopic (exact) mass is 475 g/mol. The average molecular weight is 475 g/mol. The van der Waals surface area contributed by atoms with Crippen molar-refractivity contribution in [3.63, 3.8) is 0 Å². The molecule has 0 aliphatic carbocycles. The second kappa shape index (κ2) is 14.7. The van der Waals surface area contributed by atoms with Crippen molar-refractivity contribution in [1.82, 2.24) is 16.0 Å². The zero-order valence-electron chi connectivity index (χ0n) is 18.6. The number of carbonyl (C=O) groups is 6. The Morgan fingerprint density at radius 1 is 0.758 bits per heavy atom. The number of hydrogen-bond donors (Lipinski definition) is 8. The molecule has 0 heterocycles. The van der Waals surface area contributed by atoms with Crippen LogP contribution in [0.1, 0.15) is 46.0 Å². The summed E-state index contributed by atoms with van der Waals surface area (Å²) in [5, 5.41) is 33.8. The lowest BCUT2D eigenvalue weighted by Gasteiger charge is -2.26. The summed E-state index contributed by atoms with van der Waals surface area (Å²) in [6.45, 7) is 3.50. The lowest BCUT2D eigenvalue weighted by molar-refractivity contribution is -0.144. The molecule has 0 aromatic carbocycles. The molecule has 10 N–H and O–H groups in total. The Morgan fingerprint density at radius 3 is 1.76 bits per heavy atom. The zero-order valence-corrected chi connectivity index (χ0v) is 18.6. The fraction of sp³-hybridized carbons (Fsp3) is 0.684. The highest BCUT2D eigenvalue weighted by molar-refractivity contribution is 5.96. The molecule has 33 heavy (non-hydrogen) atoms. The molecule has 4 unspecified atom stereocenters. The van der Waals surface area contributed by atoms with E-state index in [-0.39, 0.29) is 6.42 Å². The summed E-state index contributed by atoms with van der Waals surface area (Å²) < 4.78 is 0. The number of carbonyl (C=O) groups excluding carboxylic acids is 3.